The lowest BCUT2D eigenvalue weighted by molar-refractivity contribution is -0.154. The first-order chi connectivity index (χ1) is 8.45. The van der Waals surface area contributed by atoms with Gasteiger partial charge in [0, 0.05) is 26.6 Å². The van der Waals surface area contributed by atoms with Crippen LogP contribution in [0.5, 0.6) is 0 Å². The summed E-state index contributed by atoms with van der Waals surface area (Å²) in [5.41, 5.74) is -0.735. The van der Waals surface area contributed by atoms with Gasteiger partial charge in [-0.05, 0) is 0 Å². The second-order valence-electron chi connectivity index (χ2n) is 5.00. The van der Waals surface area contributed by atoms with Crippen LogP contribution in [-0.4, -0.2) is 61.4 Å². The smallest absolute Gasteiger partial charge is 0.307 e. The number of hydrogen-bond donors (Lipinski definition) is 1. The van der Waals surface area contributed by atoms with E-state index in [-0.39, 0.29) is 25.8 Å². The fraction of sp³-hybridized carbons (Fsp3) is 0.833. The molecule has 1 unspecified atom stereocenters. The van der Waals surface area contributed by atoms with Crippen molar-refractivity contribution in [2.75, 3.05) is 39.5 Å². The number of hydrogen-bond acceptors (Lipinski definition) is 6. The molecule has 0 radical (unpaired) electrons. The van der Waals surface area contributed by atoms with Crippen LogP contribution in [0.15, 0.2) is 0 Å². The largest absolute Gasteiger partial charge is 0.465 e. The highest BCUT2D eigenvalue weighted by atomic mass is 16.5. The number of ether oxygens (including phenoxy) is 2. The van der Waals surface area contributed by atoms with Crippen molar-refractivity contribution in [2.24, 2.45) is 5.41 Å². The van der Waals surface area contributed by atoms with Gasteiger partial charge in [0.25, 0.3) is 0 Å². The number of rotatable bonds is 8. The molecule has 18 heavy (non-hydrogen) atoms. The van der Waals surface area contributed by atoms with Gasteiger partial charge in [0.2, 0.25) is 0 Å². The highest BCUT2D eigenvalue weighted by Gasteiger charge is 2.27. The van der Waals surface area contributed by atoms with Gasteiger partial charge in [-0.15, -0.1) is 0 Å². The highest BCUT2D eigenvalue weighted by Crippen LogP contribution is 2.17. The van der Waals surface area contributed by atoms with Gasteiger partial charge in [-0.1, -0.05) is 6.92 Å². The maximum Gasteiger partial charge on any atom is 0.307 e. The van der Waals surface area contributed by atoms with Gasteiger partial charge in [0.1, 0.15) is 13.2 Å². The average molecular weight is 259 g/mol. The Kier molecular flexibility index (Phi) is 5.55. The van der Waals surface area contributed by atoms with E-state index >= 15 is 0 Å². The molecule has 1 heterocycles. The molecule has 1 aliphatic rings. The van der Waals surface area contributed by atoms with E-state index in [1.54, 1.807) is 6.92 Å². The van der Waals surface area contributed by atoms with Crippen LogP contribution in [0.3, 0.4) is 0 Å². The molecule has 0 aromatic carbocycles. The van der Waals surface area contributed by atoms with Crippen LogP contribution >= 0.6 is 0 Å². The monoisotopic (exact) mass is 259 g/mol. The summed E-state index contributed by atoms with van der Waals surface area (Å²) in [6, 6.07) is 0. The van der Waals surface area contributed by atoms with Gasteiger partial charge in [-0.2, -0.15) is 0 Å². The molecule has 6 heteroatoms. The molecule has 1 aliphatic heterocycles. The maximum absolute atomic E-state index is 11.4. The van der Waals surface area contributed by atoms with Gasteiger partial charge in [0.15, 0.2) is 0 Å². The quantitative estimate of drug-likeness (QED) is 0.480. The first kappa shape index (κ1) is 14.9. The maximum atomic E-state index is 11.4. The Balaban J connectivity index is 2.22. The van der Waals surface area contributed by atoms with Crippen LogP contribution in [0.4, 0.5) is 0 Å². The van der Waals surface area contributed by atoms with Crippen molar-refractivity contribution < 1.29 is 24.2 Å². The van der Waals surface area contributed by atoms with E-state index in [0.717, 1.165) is 19.6 Å². The number of carbonyl (C=O) groups is 2. The standard InChI is InChI=1S/C12H21NO5/c1-10(15)17-8-12(2,7-14)9-18-11(16)3-4-13-5-6-13/h14H,3-9H2,1-2H3. The van der Waals surface area contributed by atoms with Crippen LogP contribution < -0.4 is 0 Å². The van der Waals surface area contributed by atoms with Crippen LogP contribution in [0.1, 0.15) is 20.3 Å². The molecule has 0 aliphatic carbocycles. The van der Waals surface area contributed by atoms with Crippen molar-refractivity contribution in [1.29, 1.82) is 0 Å². The highest BCUT2D eigenvalue weighted by molar-refractivity contribution is 5.69. The van der Waals surface area contributed by atoms with Crippen molar-refractivity contribution in [3.8, 4) is 0 Å². The first-order valence-electron chi connectivity index (χ1n) is 6.07. The first-order valence-corrected chi connectivity index (χ1v) is 6.07. The van der Waals surface area contributed by atoms with Gasteiger partial charge in [-0.25, -0.2) is 0 Å². The van der Waals surface area contributed by atoms with Crippen molar-refractivity contribution in [1.82, 2.24) is 4.90 Å². The Morgan fingerprint density at radius 3 is 2.39 bits per heavy atom. The van der Waals surface area contributed by atoms with Crippen LogP contribution in [0, 0.1) is 5.41 Å². The molecule has 0 spiro atoms. The fourth-order valence-electron chi connectivity index (χ4n) is 1.28. The average Bonchev–Trinajstić information content (AvgIpc) is 3.15. The van der Waals surface area contributed by atoms with Gasteiger partial charge < -0.3 is 19.5 Å². The van der Waals surface area contributed by atoms with Gasteiger partial charge >= 0.3 is 11.9 Å². The summed E-state index contributed by atoms with van der Waals surface area (Å²) < 4.78 is 9.93. The third kappa shape index (κ3) is 5.97. The molecular weight excluding hydrogens is 238 g/mol. The lowest BCUT2D eigenvalue weighted by Gasteiger charge is -2.25. The van der Waals surface area contributed by atoms with Gasteiger partial charge in [-0.3, -0.25) is 9.59 Å². The molecule has 0 aromatic heterocycles. The van der Waals surface area contributed by atoms with E-state index in [9.17, 15) is 14.7 Å². The van der Waals surface area contributed by atoms with Crippen molar-refractivity contribution in [2.45, 2.75) is 20.3 Å². The number of carbonyl (C=O) groups excluding carboxylic acids is 2. The molecule has 104 valence electrons. The Hall–Kier alpha value is -1.14. The summed E-state index contributed by atoms with van der Waals surface area (Å²) >= 11 is 0. The molecule has 6 nitrogen and oxygen atoms in total. The summed E-state index contributed by atoms with van der Waals surface area (Å²) in [6.45, 7) is 5.70. The zero-order valence-electron chi connectivity index (χ0n) is 11.0. The molecule has 1 atom stereocenters. The van der Waals surface area contributed by atoms with Gasteiger partial charge in [0.05, 0.1) is 18.4 Å². The molecular formula is C12H21NO5. The predicted molar refractivity (Wildman–Crippen MR) is 63.8 cm³/mol. The van der Waals surface area contributed by atoms with E-state index in [0.29, 0.717) is 6.42 Å². The zero-order valence-corrected chi connectivity index (χ0v) is 11.0. The minimum Gasteiger partial charge on any atom is -0.465 e. The Labute approximate surface area is 107 Å². The Morgan fingerprint density at radius 2 is 1.89 bits per heavy atom. The number of nitrogens with zero attached hydrogens (tertiary/aromatic N) is 1. The Bertz CT molecular complexity index is 303. The summed E-state index contributed by atoms with van der Waals surface area (Å²) in [5.74, 6) is -0.702. The SMILES string of the molecule is CC(=O)OCC(C)(CO)COC(=O)CCN1CC1. The molecule has 0 bridgehead atoms. The van der Waals surface area contributed by atoms with E-state index in [1.807, 2.05) is 0 Å². The predicted octanol–water partition coefficient (Wildman–Crippen LogP) is -0.203. The molecule has 1 saturated heterocycles. The molecule has 0 amide bonds. The summed E-state index contributed by atoms with van der Waals surface area (Å²) in [4.78, 5) is 24.3. The lowest BCUT2D eigenvalue weighted by Crippen LogP contribution is -2.34. The molecule has 1 rings (SSSR count). The second kappa shape index (κ2) is 6.70. The number of esters is 2. The molecule has 1 N–H and O–H groups in total. The summed E-state index contributed by atoms with van der Waals surface area (Å²) in [6.07, 6.45) is 0.356. The number of aliphatic hydroxyl groups is 1. The third-order valence-electron chi connectivity index (χ3n) is 2.76. The minimum absolute atomic E-state index is 0.0399. The minimum atomic E-state index is -0.735. The normalized spacial score (nSPS) is 17.9. The van der Waals surface area contributed by atoms with Crippen LogP contribution in [0.2, 0.25) is 0 Å². The van der Waals surface area contributed by atoms with E-state index < -0.39 is 11.4 Å². The second-order valence-corrected chi connectivity index (χ2v) is 5.00. The lowest BCUT2D eigenvalue weighted by atomic mass is 9.94. The number of aliphatic hydroxyl groups excluding tert-OH is 1. The van der Waals surface area contributed by atoms with Crippen LogP contribution in [0.25, 0.3) is 0 Å². The Morgan fingerprint density at radius 1 is 1.28 bits per heavy atom. The van der Waals surface area contributed by atoms with Crippen molar-refractivity contribution in [3.63, 3.8) is 0 Å². The molecule has 1 fully saturated rings. The topological polar surface area (TPSA) is 75.8 Å². The fourth-order valence-corrected chi connectivity index (χ4v) is 1.28. The van der Waals surface area contributed by atoms with Crippen LogP contribution in [-0.2, 0) is 19.1 Å². The van der Waals surface area contributed by atoms with E-state index in [2.05, 4.69) is 4.90 Å². The summed E-state index contributed by atoms with van der Waals surface area (Å²) in [5, 5.41) is 9.25. The molecule has 0 aromatic rings. The van der Waals surface area contributed by atoms with Crippen molar-refractivity contribution in [3.05, 3.63) is 0 Å². The van der Waals surface area contributed by atoms with E-state index in [1.165, 1.54) is 6.92 Å². The summed E-state index contributed by atoms with van der Waals surface area (Å²) in [7, 11) is 0. The zero-order chi connectivity index (χ0) is 13.6. The third-order valence-corrected chi connectivity index (χ3v) is 2.76. The molecule has 0 saturated carbocycles. The van der Waals surface area contributed by atoms with Crippen molar-refractivity contribution >= 4 is 11.9 Å². The van der Waals surface area contributed by atoms with E-state index in [4.69, 9.17) is 9.47 Å².